The Morgan fingerprint density at radius 3 is 2.39 bits per heavy atom. The predicted octanol–water partition coefficient (Wildman–Crippen LogP) is 3.44. The first-order valence-corrected chi connectivity index (χ1v) is 7.69. The van der Waals surface area contributed by atoms with Crippen LogP contribution in [0.4, 0.5) is 5.95 Å². The fourth-order valence-corrected chi connectivity index (χ4v) is 3.56. The molecule has 1 N–H and O–H groups in total. The van der Waals surface area contributed by atoms with Gasteiger partial charge in [0.15, 0.2) is 4.77 Å². The maximum Gasteiger partial charge on any atom is 0.225 e. The smallest absolute Gasteiger partial charge is 0.225 e. The second-order valence-corrected chi connectivity index (χ2v) is 5.93. The second kappa shape index (κ2) is 5.43. The quantitative estimate of drug-likeness (QED) is 0.833. The van der Waals surface area contributed by atoms with E-state index in [0.29, 0.717) is 6.04 Å². The number of piperidine rings is 1. The summed E-state index contributed by atoms with van der Waals surface area (Å²) in [5, 5.41) is 7.49. The normalized spacial score (nSPS) is 22.3. The standard InChI is InChI=1S/C13H22N4S/c18-13-15-14-12(16-9-5-2-6-10-16)17(13)11-7-3-1-4-8-11/h11H,1-10H2,(H,15,18). The maximum atomic E-state index is 5.44. The minimum absolute atomic E-state index is 0.571. The first kappa shape index (κ1) is 12.2. The number of nitrogens with zero attached hydrogens (tertiary/aromatic N) is 3. The third kappa shape index (κ3) is 2.32. The van der Waals surface area contributed by atoms with Gasteiger partial charge in [0, 0.05) is 19.1 Å². The summed E-state index contributed by atoms with van der Waals surface area (Å²) in [6, 6.07) is 0.571. The van der Waals surface area contributed by atoms with E-state index in [-0.39, 0.29) is 0 Å². The van der Waals surface area contributed by atoms with Gasteiger partial charge in [-0.1, -0.05) is 19.3 Å². The average molecular weight is 266 g/mol. The molecule has 2 aliphatic rings. The molecule has 0 aromatic carbocycles. The van der Waals surface area contributed by atoms with Gasteiger partial charge >= 0.3 is 0 Å². The van der Waals surface area contributed by atoms with Crippen LogP contribution in [0.3, 0.4) is 0 Å². The zero-order chi connectivity index (χ0) is 12.4. The largest absolute Gasteiger partial charge is 0.341 e. The highest BCUT2D eigenvalue weighted by Gasteiger charge is 2.23. The molecular formula is C13H22N4S. The van der Waals surface area contributed by atoms with E-state index in [1.807, 2.05) is 0 Å². The molecule has 0 bridgehead atoms. The van der Waals surface area contributed by atoms with E-state index in [4.69, 9.17) is 12.2 Å². The number of rotatable bonds is 2. The molecule has 18 heavy (non-hydrogen) atoms. The molecule has 0 unspecified atom stereocenters. The van der Waals surface area contributed by atoms with Gasteiger partial charge in [-0.3, -0.25) is 4.57 Å². The van der Waals surface area contributed by atoms with E-state index in [1.165, 1.54) is 51.4 Å². The minimum Gasteiger partial charge on any atom is -0.341 e. The molecule has 1 saturated heterocycles. The van der Waals surface area contributed by atoms with Gasteiger partial charge in [-0.15, -0.1) is 5.10 Å². The van der Waals surface area contributed by atoms with Gasteiger partial charge in [0.25, 0.3) is 0 Å². The van der Waals surface area contributed by atoms with E-state index in [9.17, 15) is 0 Å². The lowest BCUT2D eigenvalue weighted by Gasteiger charge is -2.31. The Morgan fingerprint density at radius 2 is 1.67 bits per heavy atom. The number of anilines is 1. The minimum atomic E-state index is 0.571. The van der Waals surface area contributed by atoms with E-state index >= 15 is 0 Å². The van der Waals surface area contributed by atoms with E-state index < -0.39 is 0 Å². The second-order valence-electron chi connectivity index (χ2n) is 5.54. The summed E-state index contributed by atoms with van der Waals surface area (Å²) in [4.78, 5) is 2.41. The van der Waals surface area contributed by atoms with E-state index in [2.05, 4.69) is 19.7 Å². The summed E-state index contributed by atoms with van der Waals surface area (Å²) in [6.07, 6.45) is 10.5. The van der Waals surface area contributed by atoms with Gasteiger partial charge in [-0.05, 0) is 44.3 Å². The van der Waals surface area contributed by atoms with Gasteiger partial charge in [0.2, 0.25) is 5.95 Å². The molecule has 1 aromatic heterocycles. The number of H-pyrrole nitrogens is 1. The Kier molecular flexibility index (Phi) is 3.68. The first-order valence-electron chi connectivity index (χ1n) is 7.28. The number of hydrogen-bond acceptors (Lipinski definition) is 3. The topological polar surface area (TPSA) is 36.9 Å². The van der Waals surface area contributed by atoms with Crippen LogP contribution in [-0.4, -0.2) is 27.9 Å². The fourth-order valence-electron chi connectivity index (χ4n) is 3.28. The van der Waals surface area contributed by atoms with Crippen LogP contribution in [0, 0.1) is 4.77 Å². The number of nitrogens with one attached hydrogen (secondary N) is 1. The van der Waals surface area contributed by atoms with Crippen LogP contribution in [0.2, 0.25) is 0 Å². The SMILES string of the molecule is S=c1[nH]nc(N2CCCCC2)n1C1CCCCC1. The number of aromatic nitrogens is 3. The molecule has 0 atom stereocenters. The van der Waals surface area contributed by atoms with Crippen LogP contribution in [0.25, 0.3) is 0 Å². The zero-order valence-corrected chi connectivity index (χ0v) is 11.7. The van der Waals surface area contributed by atoms with Crippen LogP contribution in [-0.2, 0) is 0 Å². The Balaban J connectivity index is 1.87. The molecule has 1 aromatic rings. The highest BCUT2D eigenvalue weighted by Crippen LogP contribution is 2.32. The summed E-state index contributed by atoms with van der Waals surface area (Å²) in [6.45, 7) is 2.26. The lowest BCUT2D eigenvalue weighted by atomic mass is 9.95. The Labute approximate surface area is 113 Å². The molecule has 0 amide bonds. The third-order valence-electron chi connectivity index (χ3n) is 4.26. The maximum absolute atomic E-state index is 5.44. The van der Waals surface area contributed by atoms with Crippen molar-refractivity contribution in [1.82, 2.24) is 14.8 Å². The molecule has 0 radical (unpaired) electrons. The van der Waals surface area contributed by atoms with Crippen molar-refractivity contribution in [2.45, 2.75) is 57.4 Å². The van der Waals surface area contributed by atoms with Crippen molar-refractivity contribution in [3.8, 4) is 0 Å². The highest BCUT2D eigenvalue weighted by atomic mass is 32.1. The molecule has 1 saturated carbocycles. The third-order valence-corrected chi connectivity index (χ3v) is 4.55. The molecule has 2 heterocycles. The predicted molar refractivity (Wildman–Crippen MR) is 75.6 cm³/mol. The van der Waals surface area contributed by atoms with Crippen molar-refractivity contribution in [3.63, 3.8) is 0 Å². The summed E-state index contributed by atoms with van der Waals surface area (Å²) in [7, 11) is 0. The van der Waals surface area contributed by atoms with Crippen LogP contribution in [0.1, 0.15) is 57.4 Å². The Hall–Kier alpha value is -0.840. The fraction of sp³-hybridized carbons (Fsp3) is 0.846. The van der Waals surface area contributed by atoms with Crippen molar-refractivity contribution < 1.29 is 0 Å². The summed E-state index contributed by atoms with van der Waals surface area (Å²) < 4.78 is 3.10. The average Bonchev–Trinajstić information content (AvgIpc) is 2.83. The molecule has 1 aliphatic heterocycles. The highest BCUT2D eigenvalue weighted by molar-refractivity contribution is 7.71. The molecular weight excluding hydrogens is 244 g/mol. The molecule has 5 heteroatoms. The van der Waals surface area contributed by atoms with Crippen LogP contribution in [0.15, 0.2) is 0 Å². The molecule has 3 rings (SSSR count). The lowest BCUT2D eigenvalue weighted by Crippen LogP contribution is -2.33. The van der Waals surface area contributed by atoms with E-state index in [1.54, 1.807) is 0 Å². The molecule has 2 fully saturated rings. The molecule has 4 nitrogen and oxygen atoms in total. The van der Waals surface area contributed by atoms with Crippen molar-refractivity contribution >= 4 is 18.2 Å². The van der Waals surface area contributed by atoms with Crippen molar-refractivity contribution in [3.05, 3.63) is 4.77 Å². The molecule has 0 spiro atoms. The Morgan fingerprint density at radius 1 is 1.00 bits per heavy atom. The van der Waals surface area contributed by atoms with Gasteiger partial charge in [-0.25, -0.2) is 5.10 Å². The summed E-state index contributed by atoms with van der Waals surface area (Å²) >= 11 is 5.44. The van der Waals surface area contributed by atoms with Gasteiger partial charge < -0.3 is 4.90 Å². The van der Waals surface area contributed by atoms with Crippen molar-refractivity contribution in [2.24, 2.45) is 0 Å². The Bertz CT molecular complexity index is 438. The van der Waals surface area contributed by atoms with E-state index in [0.717, 1.165) is 23.8 Å². The van der Waals surface area contributed by atoms with Crippen LogP contribution >= 0.6 is 12.2 Å². The lowest BCUT2D eigenvalue weighted by molar-refractivity contribution is 0.348. The summed E-state index contributed by atoms with van der Waals surface area (Å²) in [5.41, 5.74) is 0. The van der Waals surface area contributed by atoms with Crippen molar-refractivity contribution in [1.29, 1.82) is 0 Å². The van der Waals surface area contributed by atoms with Gasteiger partial charge in [0.05, 0.1) is 0 Å². The molecule has 100 valence electrons. The van der Waals surface area contributed by atoms with Crippen LogP contribution in [0.5, 0.6) is 0 Å². The van der Waals surface area contributed by atoms with Crippen LogP contribution < -0.4 is 4.90 Å². The number of hydrogen-bond donors (Lipinski definition) is 1. The zero-order valence-electron chi connectivity index (χ0n) is 10.9. The summed E-state index contributed by atoms with van der Waals surface area (Å²) in [5.74, 6) is 1.09. The number of aromatic amines is 1. The van der Waals surface area contributed by atoms with Gasteiger partial charge in [0.1, 0.15) is 0 Å². The van der Waals surface area contributed by atoms with Gasteiger partial charge in [-0.2, -0.15) is 0 Å². The monoisotopic (exact) mass is 266 g/mol. The first-order chi connectivity index (χ1) is 8.86. The van der Waals surface area contributed by atoms with Crippen molar-refractivity contribution in [2.75, 3.05) is 18.0 Å². The molecule has 1 aliphatic carbocycles.